The van der Waals surface area contributed by atoms with E-state index in [2.05, 4.69) is 4.90 Å². The third kappa shape index (κ3) is 1.38. The van der Waals surface area contributed by atoms with Gasteiger partial charge in [0, 0.05) is 32.3 Å². The molecule has 0 radical (unpaired) electrons. The van der Waals surface area contributed by atoms with Crippen LogP contribution in [0.5, 0.6) is 0 Å². The molecule has 0 aromatic heterocycles. The van der Waals surface area contributed by atoms with Gasteiger partial charge < -0.3 is 10.5 Å². The van der Waals surface area contributed by atoms with E-state index in [4.69, 9.17) is 10.5 Å². The predicted molar refractivity (Wildman–Crippen MR) is 54.9 cm³/mol. The van der Waals surface area contributed by atoms with Gasteiger partial charge in [-0.2, -0.15) is 0 Å². The Morgan fingerprint density at radius 3 is 2.36 bits per heavy atom. The third-order valence-corrected chi connectivity index (χ3v) is 4.38. The molecule has 3 nitrogen and oxygen atoms in total. The zero-order valence-corrected chi connectivity index (χ0v) is 8.69. The smallest absolute Gasteiger partial charge is 0.0480 e. The molecule has 2 saturated heterocycles. The summed E-state index contributed by atoms with van der Waals surface area (Å²) in [5.74, 6) is 2.76. The molecule has 3 aliphatic rings. The SMILES string of the molecule is NCC1C2CN(C3CCOCC3)CC12. The van der Waals surface area contributed by atoms with Gasteiger partial charge in [-0.3, -0.25) is 4.90 Å². The molecule has 2 aliphatic heterocycles. The van der Waals surface area contributed by atoms with Crippen LogP contribution in [-0.2, 0) is 4.74 Å². The van der Waals surface area contributed by atoms with Crippen molar-refractivity contribution in [2.45, 2.75) is 18.9 Å². The molecule has 0 spiro atoms. The number of hydrogen-bond donors (Lipinski definition) is 1. The van der Waals surface area contributed by atoms with E-state index in [1.165, 1.54) is 25.9 Å². The topological polar surface area (TPSA) is 38.5 Å². The van der Waals surface area contributed by atoms with Gasteiger partial charge >= 0.3 is 0 Å². The minimum absolute atomic E-state index is 0.815. The highest BCUT2D eigenvalue weighted by molar-refractivity contribution is 5.06. The number of rotatable bonds is 2. The van der Waals surface area contributed by atoms with Crippen LogP contribution in [0.3, 0.4) is 0 Å². The second kappa shape index (κ2) is 3.47. The van der Waals surface area contributed by atoms with Gasteiger partial charge in [-0.1, -0.05) is 0 Å². The molecule has 0 amide bonds. The second-order valence-corrected chi connectivity index (χ2v) is 5.02. The van der Waals surface area contributed by atoms with Crippen molar-refractivity contribution in [1.82, 2.24) is 4.90 Å². The Kier molecular flexibility index (Phi) is 2.26. The molecule has 14 heavy (non-hydrogen) atoms. The number of hydrogen-bond acceptors (Lipinski definition) is 3. The summed E-state index contributed by atoms with van der Waals surface area (Å²) in [6.07, 6.45) is 2.49. The average molecular weight is 196 g/mol. The van der Waals surface area contributed by atoms with Crippen LogP contribution in [-0.4, -0.2) is 43.8 Å². The molecular weight excluding hydrogens is 176 g/mol. The molecule has 3 fully saturated rings. The molecule has 80 valence electrons. The standard InChI is InChI=1S/C11H20N2O/c12-5-9-10-6-13(7-11(9)10)8-1-3-14-4-2-8/h8-11H,1-7,12H2. The quantitative estimate of drug-likeness (QED) is 0.690. The third-order valence-electron chi connectivity index (χ3n) is 4.38. The maximum Gasteiger partial charge on any atom is 0.0480 e. The van der Waals surface area contributed by atoms with Gasteiger partial charge in [0.2, 0.25) is 0 Å². The second-order valence-electron chi connectivity index (χ2n) is 5.02. The molecule has 0 bridgehead atoms. The molecule has 2 unspecified atom stereocenters. The number of likely N-dealkylation sites (tertiary alicyclic amines) is 1. The summed E-state index contributed by atoms with van der Waals surface area (Å²) in [4.78, 5) is 2.68. The number of ether oxygens (including phenoxy) is 1. The Labute approximate surface area is 85.6 Å². The van der Waals surface area contributed by atoms with Gasteiger partial charge in [0.1, 0.15) is 0 Å². The van der Waals surface area contributed by atoms with Crippen molar-refractivity contribution in [3.63, 3.8) is 0 Å². The van der Waals surface area contributed by atoms with E-state index in [1.807, 2.05) is 0 Å². The van der Waals surface area contributed by atoms with Gasteiger partial charge in [-0.25, -0.2) is 0 Å². The molecule has 1 aliphatic carbocycles. The summed E-state index contributed by atoms with van der Waals surface area (Å²) < 4.78 is 5.39. The molecule has 3 heteroatoms. The lowest BCUT2D eigenvalue weighted by Crippen LogP contribution is -2.40. The summed E-state index contributed by atoms with van der Waals surface area (Å²) in [5.41, 5.74) is 5.71. The van der Waals surface area contributed by atoms with Gasteiger partial charge in [0.15, 0.2) is 0 Å². The number of fused-ring (bicyclic) bond motifs is 1. The minimum atomic E-state index is 0.815. The van der Waals surface area contributed by atoms with E-state index in [0.29, 0.717) is 0 Å². The Bertz CT molecular complexity index is 203. The van der Waals surface area contributed by atoms with Crippen LogP contribution in [0.1, 0.15) is 12.8 Å². The van der Waals surface area contributed by atoms with Crippen molar-refractivity contribution in [2.24, 2.45) is 23.5 Å². The van der Waals surface area contributed by atoms with Gasteiger partial charge in [0.05, 0.1) is 0 Å². The molecular formula is C11H20N2O. The van der Waals surface area contributed by atoms with Crippen molar-refractivity contribution in [3.05, 3.63) is 0 Å². The Balaban J connectivity index is 1.53. The van der Waals surface area contributed by atoms with E-state index >= 15 is 0 Å². The summed E-state index contributed by atoms with van der Waals surface area (Å²) in [6, 6.07) is 0.815. The van der Waals surface area contributed by atoms with Crippen LogP contribution in [0.4, 0.5) is 0 Å². The lowest BCUT2D eigenvalue weighted by molar-refractivity contribution is 0.0370. The van der Waals surface area contributed by atoms with Gasteiger partial charge in [-0.05, 0) is 37.1 Å². The van der Waals surface area contributed by atoms with Crippen molar-refractivity contribution in [1.29, 1.82) is 0 Å². The first kappa shape index (κ1) is 9.13. The van der Waals surface area contributed by atoms with E-state index in [1.54, 1.807) is 0 Å². The molecule has 2 atom stereocenters. The average Bonchev–Trinajstić information content (AvgIpc) is 2.72. The first-order valence-electron chi connectivity index (χ1n) is 5.92. The fourth-order valence-electron chi connectivity index (χ4n) is 3.38. The maximum absolute atomic E-state index is 5.71. The van der Waals surface area contributed by atoms with Crippen LogP contribution in [0.25, 0.3) is 0 Å². The summed E-state index contributed by atoms with van der Waals surface area (Å²) in [6.45, 7) is 5.49. The highest BCUT2D eigenvalue weighted by atomic mass is 16.5. The van der Waals surface area contributed by atoms with Crippen LogP contribution in [0, 0.1) is 17.8 Å². The zero-order chi connectivity index (χ0) is 9.54. The van der Waals surface area contributed by atoms with E-state index < -0.39 is 0 Å². The Hall–Kier alpha value is -0.120. The fourth-order valence-corrected chi connectivity index (χ4v) is 3.38. The first-order chi connectivity index (χ1) is 6.90. The maximum atomic E-state index is 5.71. The highest BCUT2D eigenvalue weighted by Crippen LogP contribution is 2.51. The number of nitrogens with two attached hydrogens (primary N) is 1. The lowest BCUT2D eigenvalue weighted by Gasteiger charge is -2.32. The normalized spacial score (nSPS) is 43.9. The van der Waals surface area contributed by atoms with Crippen molar-refractivity contribution in [3.8, 4) is 0 Å². The molecule has 1 saturated carbocycles. The Morgan fingerprint density at radius 1 is 1.14 bits per heavy atom. The predicted octanol–water partition coefficient (Wildman–Crippen LogP) is 0.302. The summed E-state index contributed by atoms with van der Waals surface area (Å²) in [5, 5.41) is 0. The summed E-state index contributed by atoms with van der Waals surface area (Å²) in [7, 11) is 0. The van der Waals surface area contributed by atoms with Gasteiger partial charge in [-0.15, -0.1) is 0 Å². The van der Waals surface area contributed by atoms with E-state index in [-0.39, 0.29) is 0 Å². The number of piperidine rings is 1. The van der Waals surface area contributed by atoms with Crippen molar-refractivity contribution < 1.29 is 4.74 Å². The molecule has 2 heterocycles. The molecule has 2 N–H and O–H groups in total. The fraction of sp³-hybridized carbons (Fsp3) is 1.00. The number of nitrogens with zero attached hydrogens (tertiary/aromatic N) is 1. The zero-order valence-electron chi connectivity index (χ0n) is 8.69. The minimum Gasteiger partial charge on any atom is -0.381 e. The van der Waals surface area contributed by atoms with E-state index in [0.717, 1.165) is 43.6 Å². The first-order valence-corrected chi connectivity index (χ1v) is 5.92. The van der Waals surface area contributed by atoms with Crippen LogP contribution < -0.4 is 5.73 Å². The van der Waals surface area contributed by atoms with Crippen LogP contribution in [0.2, 0.25) is 0 Å². The largest absolute Gasteiger partial charge is 0.381 e. The Morgan fingerprint density at radius 2 is 1.79 bits per heavy atom. The van der Waals surface area contributed by atoms with Crippen LogP contribution in [0.15, 0.2) is 0 Å². The van der Waals surface area contributed by atoms with Crippen molar-refractivity contribution >= 4 is 0 Å². The van der Waals surface area contributed by atoms with Crippen molar-refractivity contribution in [2.75, 3.05) is 32.8 Å². The van der Waals surface area contributed by atoms with Gasteiger partial charge in [0.25, 0.3) is 0 Å². The van der Waals surface area contributed by atoms with Crippen LogP contribution >= 0.6 is 0 Å². The molecule has 3 rings (SSSR count). The molecule has 0 aromatic rings. The molecule has 0 aromatic carbocycles. The van der Waals surface area contributed by atoms with E-state index in [9.17, 15) is 0 Å². The highest BCUT2D eigenvalue weighted by Gasteiger charge is 2.55. The monoisotopic (exact) mass is 196 g/mol. The lowest BCUT2D eigenvalue weighted by atomic mass is 10.1. The summed E-state index contributed by atoms with van der Waals surface area (Å²) >= 11 is 0.